The first-order valence-electron chi connectivity index (χ1n) is 10.0. The summed E-state index contributed by atoms with van der Waals surface area (Å²) in [5, 5.41) is 4.42. The van der Waals surface area contributed by atoms with Crippen molar-refractivity contribution in [1.29, 1.82) is 0 Å². The molecule has 3 aromatic rings. The first-order chi connectivity index (χ1) is 14.1. The normalized spacial score (nSPS) is 15.1. The molecule has 1 fully saturated rings. The lowest BCUT2D eigenvalue weighted by molar-refractivity contribution is -0.111. The van der Waals surface area contributed by atoms with Crippen LogP contribution < -0.4 is 11.1 Å². The molecule has 0 radical (unpaired) electrons. The highest BCUT2D eigenvalue weighted by atomic mass is 35.5. The number of nitrogens with one attached hydrogen (secondary N) is 1. The number of amides is 1. The quantitative estimate of drug-likeness (QED) is 0.510. The number of halogens is 1. The molecule has 1 aromatic heterocycles. The van der Waals surface area contributed by atoms with Gasteiger partial charge in [-0.05, 0) is 60.9 Å². The van der Waals surface area contributed by atoms with E-state index in [0.29, 0.717) is 22.3 Å². The number of pyridine rings is 1. The van der Waals surface area contributed by atoms with E-state index in [1.807, 2.05) is 36.4 Å². The van der Waals surface area contributed by atoms with E-state index in [1.165, 1.54) is 38.2 Å². The summed E-state index contributed by atoms with van der Waals surface area (Å²) in [6.45, 7) is 0. The predicted octanol–water partition coefficient (Wildman–Crippen LogP) is 6.17. The van der Waals surface area contributed by atoms with Gasteiger partial charge in [0.15, 0.2) is 0 Å². The van der Waals surface area contributed by atoms with Crippen LogP contribution in [0.5, 0.6) is 0 Å². The summed E-state index contributed by atoms with van der Waals surface area (Å²) in [7, 11) is 0. The Morgan fingerprint density at radius 3 is 2.59 bits per heavy atom. The molecule has 29 heavy (non-hydrogen) atoms. The lowest BCUT2D eigenvalue weighted by atomic mass is 9.86. The Morgan fingerprint density at radius 2 is 1.83 bits per heavy atom. The van der Waals surface area contributed by atoms with E-state index in [0.717, 1.165) is 22.2 Å². The Labute approximate surface area is 175 Å². The van der Waals surface area contributed by atoms with Crippen molar-refractivity contribution in [3.8, 4) is 0 Å². The first kappa shape index (κ1) is 19.5. The summed E-state index contributed by atoms with van der Waals surface area (Å²) in [6.07, 6.45) is 9.46. The maximum Gasteiger partial charge on any atom is 0.248 e. The summed E-state index contributed by atoms with van der Waals surface area (Å²) < 4.78 is 0. The van der Waals surface area contributed by atoms with Gasteiger partial charge in [-0.15, -0.1) is 0 Å². The van der Waals surface area contributed by atoms with E-state index in [1.54, 1.807) is 18.2 Å². The molecular weight excluding hydrogens is 382 g/mol. The number of fused-ring (bicyclic) bond motifs is 1. The van der Waals surface area contributed by atoms with Gasteiger partial charge in [-0.1, -0.05) is 43.0 Å². The molecule has 1 saturated carbocycles. The largest absolute Gasteiger partial charge is 0.398 e. The average molecular weight is 406 g/mol. The molecule has 0 aliphatic heterocycles. The van der Waals surface area contributed by atoms with Crippen LogP contribution in [0, 0.1) is 0 Å². The molecule has 1 aliphatic carbocycles. The fraction of sp³-hybridized carbons (Fsp3) is 0.250. The van der Waals surface area contributed by atoms with Crippen LogP contribution in [0.15, 0.2) is 54.6 Å². The fourth-order valence-corrected chi connectivity index (χ4v) is 4.01. The third kappa shape index (κ3) is 4.77. The lowest BCUT2D eigenvalue weighted by Gasteiger charge is -2.21. The van der Waals surface area contributed by atoms with Crippen molar-refractivity contribution in [3.05, 3.63) is 70.9 Å². The SMILES string of the molecule is Nc1cc(C2CCCCC2)nc2ccc(NC(=O)C=Cc3ccc(Cl)cc3)cc12. The number of benzene rings is 2. The van der Waals surface area contributed by atoms with Crippen LogP contribution in [0.4, 0.5) is 11.4 Å². The van der Waals surface area contributed by atoms with Crippen molar-refractivity contribution in [1.82, 2.24) is 4.98 Å². The molecule has 2 aromatic carbocycles. The van der Waals surface area contributed by atoms with E-state index in [4.69, 9.17) is 22.3 Å². The van der Waals surface area contributed by atoms with Crippen molar-refractivity contribution < 1.29 is 4.79 Å². The topological polar surface area (TPSA) is 68.0 Å². The van der Waals surface area contributed by atoms with E-state index in [2.05, 4.69) is 5.32 Å². The lowest BCUT2D eigenvalue weighted by Crippen LogP contribution is -2.09. The number of nitrogens with zero attached hydrogens (tertiary/aromatic N) is 1. The standard InChI is InChI=1S/C24H24ClN3O/c25-18-9-6-16(7-10-18)8-13-24(29)27-19-11-12-22-20(14-19)21(26)15-23(28-22)17-4-2-1-3-5-17/h6-15,17H,1-5H2,(H2,26,28)(H,27,29). The van der Waals surface area contributed by atoms with Gasteiger partial charge in [-0.2, -0.15) is 0 Å². The number of aromatic nitrogens is 1. The van der Waals surface area contributed by atoms with Crippen LogP contribution in [0.3, 0.4) is 0 Å². The smallest absolute Gasteiger partial charge is 0.248 e. The summed E-state index contributed by atoms with van der Waals surface area (Å²) >= 11 is 5.88. The minimum atomic E-state index is -0.204. The predicted molar refractivity (Wildman–Crippen MR) is 121 cm³/mol. The number of anilines is 2. The van der Waals surface area contributed by atoms with Crippen LogP contribution in [-0.4, -0.2) is 10.9 Å². The number of hydrogen-bond acceptors (Lipinski definition) is 3. The average Bonchev–Trinajstić information content (AvgIpc) is 2.74. The van der Waals surface area contributed by atoms with Gasteiger partial charge in [-0.3, -0.25) is 9.78 Å². The van der Waals surface area contributed by atoms with Crippen LogP contribution in [-0.2, 0) is 4.79 Å². The molecule has 0 atom stereocenters. The molecule has 0 bridgehead atoms. The Kier molecular flexibility index (Phi) is 5.81. The second-order valence-corrected chi connectivity index (χ2v) is 8.01. The monoisotopic (exact) mass is 405 g/mol. The van der Waals surface area contributed by atoms with Crippen molar-refractivity contribution in [2.24, 2.45) is 0 Å². The van der Waals surface area contributed by atoms with Gasteiger partial charge in [-0.25, -0.2) is 0 Å². The molecule has 0 unspecified atom stereocenters. The third-order valence-corrected chi connectivity index (χ3v) is 5.70. The van der Waals surface area contributed by atoms with Gasteiger partial charge >= 0.3 is 0 Å². The van der Waals surface area contributed by atoms with Crippen LogP contribution >= 0.6 is 11.6 Å². The Hall–Kier alpha value is -2.85. The fourth-order valence-electron chi connectivity index (χ4n) is 3.89. The minimum Gasteiger partial charge on any atom is -0.398 e. The van der Waals surface area contributed by atoms with Gasteiger partial charge in [0, 0.05) is 39.5 Å². The third-order valence-electron chi connectivity index (χ3n) is 5.45. The van der Waals surface area contributed by atoms with E-state index in [-0.39, 0.29) is 5.91 Å². The second-order valence-electron chi connectivity index (χ2n) is 7.58. The van der Waals surface area contributed by atoms with Crippen molar-refractivity contribution >= 4 is 45.9 Å². The number of hydrogen-bond donors (Lipinski definition) is 2. The summed E-state index contributed by atoms with van der Waals surface area (Å²) in [5.74, 6) is 0.303. The molecular formula is C24H24ClN3O. The summed E-state index contributed by atoms with van der Waals surface area (Å²) in [4.78, 5) is 17.1. The van der Waals surface area contributed by atoms with Gasteiger partial charge < -0.3 is 11.1 Å². The molecule has 5 heteroatoms. The zero-order valence-corrected chi connectivity index (χ0v) is 17.0. The van der Waals surface area contributed by atoms with Gasteiger partial charge in [0.1, 0.15) is 0 Å². The minimum absolute atomic E-state index is 0.204. The Bertz CT molecular complexity index is 1050. The highest BCUT2D eigenvalue weighted by Gasteiger charge is 2.18. The molecule has 148 valence electrons. The summed E-state index contributed by atoms with van der Waals surface area (Å²) in [6, 6.07) is 15.0. The van der Waals surface area contributed by atoms with Gasteiger partial charge in [0.05, 0.1) is 5.52 Å². The van der Waals surface area contributed by atoms with Crippen LogP contribution in [0.1, 0.15) is 49.3 Å². The second kappa shape index (κ2) is 8.66. The van der Waals surface area contributed by atoms with Crippen LogP contribution in [0.25, 0.3) is 17.0 Å². The number of nitrogens with two attached hydrogens (primary N) is 1. The maximum atomic E-state index is 12.3. The number of carbonyl (C=O) groups excluding carboxylic acids is 1. The van der Waals surface area contributed by atoms with E-state index in [9.17, 15) is 4.79 Å². The molecule has 1 heterocycles. The van der Waals surface area contributed by atoms with E-state index < -0.39 is 0 Å². The number of rotatable bonds is 4. The first-order valence-corrected chi connectivity index (χ1v) is 10.4. The van der Waals surface area contributed by atoms with Crippen LogP contribution in [0.2, 0.25) is 5.02 Å². The van der Waals surface area contributed by atoms with E-state index >= 15 is 0 Å². The molecule has 4 rings (SSSR count). The Morgan fingerprint density at radius 1 is 1.07 bits per heavy atom. The highest BCUT2D eigenvalue weighted by Crippen LogP contribution is 2.34. The number of nitrogen functional groups attached to an aromatic ring is 1. The van der Waals surface area contributed by atoms with Crippen molar-refractivity contribution in [2.75, 3.05) is 11.1 Å². The maximum absolute atomic E-state index is 12.3. The molecule has 0 spiro atoms. The van der Waals surface area contributed by atoms with Gasteiger partial charge in [0.2, 0.25) is 5.91 Å². The molecule has 1 amide bonds. The molecule has 3 N–H and O–H groups in total. The zero-order valence-electron chi connectivity index (χ0n) is 16.2. The van der Waals surface area contributed by atoms with Crippen molar-refractivity contribution in [3.63, 3.8) is 0 Å². The summed E-state index contributed by atoms with van der Waals surface area (Å²) in [5.41, 5.74) is 10.6. The zero-order chi connectivity index (χ0) is 20.2. The van der Waals surface area contributed by atoms with Crippen molar-refractivity contribution in [2.45, 2.75) is 38.0 Å². The molecule has 1 aliphatic rings. The molecule has 0 saturated heterocycles. The number of carbonyl (C=O) groups is 1. The van der Waals surface area contributed by atoms with Gasteiger partial charge in [0.25, 0.3) is 0 Å². The highest BCUT2D eigenvalue weighted by molar-refractivity contribution is 6.30. The molecule has 4 nitrogen and oxygen atoms in total. The Balaban J connectivity index is 1.50.